The number of halogens is 1. The SMILES string of the molecule is CCNC(=NCc1ccc(C)cc1OCCCC(C)C)NCCCS(C)(=O)=O.I. The van der Waals surface area contributed by atoms with Crippen LogP contribution in [0, 0.1) is 12.8 Å². The zero-order valence-corrected chi connectivity index (χ0v) is 21.6. The number of benzene rings is 1. The van der Waals surface area contributed by atoms with Crippen LogP contribution < -0.4 is 15.4 Å². The highest BCUT2D eigenvalue weighted by molar-refractivity contribution is 14.0. The Morgan fingerprint density at radius 1 is 1.21 bits per heavy atom. The number of hydrogen-bond acceptors (Lipinski definition) is 4. The van der Waals surface area contributed by atoms with E-state index >= 15 is 0 Å². The molecule has 0 spiro atoms. The van der Waals surface area contributed by atoms with Crippen molar-refractivity contribution in [2.45, 2.75) is 53.5 Å². The summed E-state index contributed by atoms with van der Waals surface area (Å²) in [4.78, 5) is 4.63. The second kappa shape index (κ2) is 14.9. The molecule has 0 aromatic heterocycles. The second-order valence-corrected chi connectivity index (χ2v) is 9.86. The highest BCUT2D eigenvalue weighted by atomic mass is 127. The van der Waals surface area contributed by atoms with Gasteiger partial charge in [0.25, 0.3) is 0 Å². The number of nitrogens with one attached hydrogen (secondary N) is 2. The number of hydrogen-bond donors (Lipinski definition) is 2. The summed E-state index contributed by atoms with van der Waals surface area (Å²) in [5.41, 5.74) is 2.21. The number of sulfone groups is 1. The smallest absolute Gasteiger partial charge is 0.191 e. The van der Waals surface area contributed by atoms with E-state index in [-0.39, 0.29) is 29.7 Å². The summed E-state index contributed by atoms with van der Waals surface area (Å²) in [7, 11) is -2.93. The topological polar surface area (TPSA) is 79.8 Å². The van der Waals surface area contributed by atoms with Crippen LogP contribution in [0.15, 0.2) is 23.2 Å². The maximum Gasteiger partial charge on any atom is 0.191 e. The summed E-state index contributed by atoms with van der Waals surface area (Å²) < 4.78 is 28.5. The quantitative estimate of drug-likeness (QED) is 0.182. The lowest BCUT2D eigenvalue weighted by atomic mass is 10.1. The molecule has 1 rings (SSSR count). The number of aryl methyl sites for hydroxylation is 1. The van der Waals surface area contributed by atoms with Crippen LogP contribution in [0.3, 0.4) is 0 Å². The Labute approximate surface area is 194 Å². The third kappa shape index (κ3) is 13.8. The Bertz CT molecular complexity index is 722. The van der Waals surface area contributed by atoms with Crippen molar-refractivity contribution in [3.8, 4) is 5.75 Å². The van der Waals surface area contributed by atoms with Crippen LogP contribution in [0.25, 0.3) is 0 Å². The minimum absolute atomic E-state index is 0. The summed E-state index contributed by atoms with van der Waals surface area (Å²) >= 11 is 0. The summed E-state index contributed by atoms with van der Waals surface area (Å²) in [6.45, 7) is 11.0. The molecule has 29 heavy (non-hydrogen) atoms. The van der Waals surface area contributed by atoms with Gasteiger partial charge in [-0.3, -0.25) is 0 Å². The summed E-state index contributed by atoms with van der Waals surface area (Å²) in [5.74, 6) is 2.43. The Morgan fingerprint density at radius 3 is 2.55 bits per heavy atom. The third-order valence-electron chi connectivity index (χ3n) is 4.14. The van der Waals surface area contributed by atoms with Crippen LogP contribution in [0.2, 0.25) is 0 Å². The second-order valence-electron chi connectivity index (χ2n) is 7.60. The molecule has 0 saturated heterocycles. The molecule has 168 valence electrons. The molecule has 1 aromatic carbocycles. The fourth-order valence-electron chi connectivity index (χ4n) is 2.65. The Kier molecular flexibility index (Phi) is 14.3. The van der Waals surface area contributed by atoms with Gasteiger partial charge >= 0.3 is 0 Å². The molecule has 0 aliphatic heterocycles. The first kappa shape index (κ1) is 28.0. The van der Waals surface area contributed by atoms with Gasteiger partial charge in [-0.2, -0.15) is 0 Å². The van der Waals surface area contributed by atoms with E-state index in [0.29, 0.717) is 38.0 Å². The molecule has 8 heteroatoms. The van der Waals surface area contributed by atoms with Gasteiger partial charge in [-0.05, 0) is 50.7 Å². The van der Waals surface area contributed by atoms with Crippen molar-refractivity contribution in [2.75, 3.05) is 31.7 Å². The first-order valence-corrected chi connectivity index (χ1v) is 12.2. The lowest BCUT2D eigenvalue weighted by molar-refractivity contribution is 0.295. The fraction of sp³-hybridized carbons (Fsp3) is 0.667. The van der Waals surface area contributed by atoms with E-state index in [0.717, 1.165) is 36.3 Å². The van der Waals surface area contributed by atoms with Crippen molar-refractivity contribution in [2.24, 2.45) is 10.9 Å². The molecule has 0 heterocycles. The van der Waals surface area contributed by atoms with Gasteiger partial charge in [-0.15, -0.1) is 24.0 Å². The molecular weight excluding hydrogens is 501 g/mol. The van der Waals surface area contributed by atoms with E-state index in [1.807, 2.05) is 6.92 Å². The van der Waals surface area contributed by atoms with Crippen molar-refractivity contribution in [3.05, 3.63) is 29.3 Å². The lowest BCUT2D eigenvalue weighted by Gasteiger charge is -2.14. The monoisotopic (exact) mass is 539 g/mol. The largest absolute Gasteiger partial charge is 0.493 e. The van der Waals surface area contributed by atoms with Gasteiger partial charge in [-0.25, -0.2) is 13.4 Å². The molecule has 0 amide bonds. The maximum atomic E-state index is 11.2. The van der Waals surface area contributed by atoms with Crippen LogP contribution in [0.4, 0.5) is 0 Å². The maximum absolute atomic E-state index is 11.2. The van der Waals surface area contributed by atoms with Crippen molar-refractivity contribution < 1.29 is 13.2 Å². The number of rotatable bonds is 12. The first-order chi connectivity index (χ1) is 13.2. The zero-order chi connectivity index (χ0) is 21.0. The normalized spacial score (nSPS) is 11.9. The predicted molar refractivity (Wildman–Crippen MR) is 133 cm³/mol. The van der Waals surface area contributed by atoms with E-state index in [1.165, 1.54) is 6.26 Å². The van der Waals surface area contributed by atoms with E-state index < -0.39 is 9.84 Å². The highest BCUT2D eigenvalue weighted by Crippen LogP contribution is 2.22. The lowest BCUT2D eigenvalue weighted by Crippen LogP contribution is -2.38. The Balaban J connectivity index is 0.00000784. The molecule has 1 aromatic rings. The van der Waals surface area contributed by atoms with Crippen molar-refractivity contribution >= 4 is 39.8 Å². The average molecular weight is 540 g/mol. The highest BCUT2D eigenvalue weighted by Gasteiger charge is 2.06. The number of guanidine groups is 1. The van der Waals surface area contributed by atoms with E-state index in [1.54, 1.807) is 0 Å². The van der Waals surface area contributed by atoms with Crippen LogP contribution in [0.1, 0.15) is 51.2 Å². The molecule has 0 fully saturated rings. The van der Waals surface area contributed by atoms with Crippen molar-refractivity contribution in [1.82, 2.24) is 10.6 Å². The van der Waals surface area contributed by atoms with Crippen LogP contribution in [-0.4, -0.2) is 46.1 Å². The van der Waals surface area contributed by atoms with Gasteiger partial charge in [0.15, 0.2) is 5.96 Å². The molecule has 0 atom stereocenters. The van der Waals surface area contributed by atoms with Crippen LogP contribution in [0.5, 0.6) is 5.75 Å². The molecule has 0 aliphatic rings. The molecular formula is C21H38IN3O3S. The molecule has 0 saturated carbocycles. The van der Waals surface area contributed by atoms with E-state index in [2.05, 4.69) is 54.6 Å². The van der Waals surface area contributed by atoms with Gasteiger partial charge < -0.3 is 15.4 Å². The Hall–Kier alpha value is -1.03. The molecule has 0 unspecified atom stereocenters. The standard InChI is InChI=1S/C21H37N3O3S.HI/c1-6-22-21(23-12-8-14-28(5,25)26)24-16-19-11-10-18(4)15-20(19)27-13-7-9-17(2)3;/h10-11,15,17H,6-9,12-14,16H2,1-5H3,(H2,22,23,24);1H. The van der Waals surface area contributed by atoms with Crippen LogP contribution >= 0.6 is 24.0 Å². The number of nitrogens with zero attached hydrogens (tertiary/aromatic N) is 1. The molecule has 0 bridgehead atoms. The van der Waals surface area contributed by atoms with E-state index in [4.69, 9.17) is 4.74 Å². The van der Waals surface area contributed by atoms with Crippen molar-refractivity contribution in [1.29, 1.82) is 0 Å². The van der Waals surface area contributed by atoms with Gasteiger partial charge in [0, 0.05) is 24.9 Å². The predicted octanol–water partition coefficient (Wildman–Crippen LogP) is 3.92. The Morgan fingerprint density at radius 2 is 1.93 bits per heavy atom. The van der Waals surface area contributed by atoms with Gasteiger partial charge in [0.2, 0.25) is 0 Å². The fourth-order valence-corrected chi connectivity index (χ4v) is 3.32. The minimum Gasteiger partial charge on any atom is -0.493 e. The molecule has 2 N–H and O–H groups in total. The average Bonchev–Trinajstić information content (AvgIpc) is 2.60. The van der Waals surface area contributed by atoms with Gasteiger partial charge in [0.1, 0.15) is 15.6 Å². The minimum atomic E-state index is -2.93. The zero-order valence-electron chi connectivity index (χ0n) is 18.5. The van der Waals surface area contributed by atoms with Crippen LogP contribution in [-0.2, 0) is 16.4 Å². The van der Waals surface area contributed by atoms with E-state index in [9.17, 15) is 8.42 Å². The number of aliphatic imine (C=N–C) groups is 1. The third-order valence-corrected chi connectivity index (χ3v) is 5.17. The van der Waals surface area contributed by atoms with Gasteiger partial charge in [0.05, 0.1) is 18.9 Å². The summed E-state index contributed by atoms with van der Waals surface area (Å²) in [6, 6.07) is 6.19. The molecule has 0 aliphatic carbocycles. The first-order valence-electron chi connectivity index (χ1n) is 10.1. The molecule has 0 radical (unpaired) electrons. The van der Waals surface area contributed by atoms with Gasteiger partial charge in [-0.1, -0.05) is 26.0 Å². The molecule has 6 nitrogen and oxygen atoms in total. The summed E-state index contributed by atoms with van der Waals surface area (Å²) in [5, 5.41) is 6.39. The summed E-state index contributed by atoms with van der Waals surface area (Å²) in [6.07, 6.45) is 4.00. The number of ether oxygens (including phenoxy) is 1. The van der Waals surface area contributed by atoms with Crippen molar-refractivity contribution in [3.63, 3.8) is 0 Å².